The molecular formula is C23H19N3O2S. The van der Waals surface area contributed by atoms with E-state index in [1.165, 1.54) is 4.88 Å². The largest absolute Gasteiger partial charge is 0.424 e. The van der Waals surface area contributed by atoms with Crippen LogP contribution in [0.25, 0.3) is 10.4 Å². The summed E-state index contributed by atoms with van der Waals surface area (Å²) in [5.41, 5.74) is 3.56. The highest BCUT2D eigenvalue weighted by Gasteiger charge is 2.14. The second kappa shape index (κ2) is 8.24. The Labute approximate surface area is 173 Å². The molecule has 4 rings (SSSR count). The number of thiophene rings is 1. The Morgan fingerprint density at radius 1 is 0.897 bits per heavy atom. The molecule has 6 heteroatoms. The average molecular weight is 401 g/mol. The lowest BCUT2D eigenvalue weighted by molar-refractivity contribution is 0.102. The van der Waals surface area contributed by atoms with Crippen LogP contribution in [0.1, 0.15) is 21.7 Å². The summed E-state index contributed by atoms with van der Waals surface area (Å²) in [7, 11) is 0. The minimum atomic E-state index is -0.200. The van der Waals surface area contributed by atoms with Gasteiger partial charge in [0.15, 0.2) is 0 Å². The number of nitrogens with zero attached hydrogens (tertiary/aromatic N) is 2. The minimum Gasteiger partial charge on any atom is -0.424 e. The van der Waals surface area contributed by atoms with Crippen LogP contribution in [-0.4, -0.2) is 15.9 Å². The fraction of sp³-hybridized carbons (Fsp3) is 0.0870. The molecular weight excluding hydrogens is 382 g/mol. The first-order valence-corrected chi connectivity index (χ1v) is 10.0. The number of hydrogen-bond donors (Lipinski definition) is 1. The molecule has 1 N–H and O–H groups in total. The van der Waals surface area contributed by atoms with E-state index in [0.717, 1.165) is 5.56 Å². The average Bonchev–Trinajstić information content (AvgIpc) is 3.26. The summed E-state index contributed by atoms with van der Waals surface area (Å²) >= 11 is 1.67. The number of aromatic nitrogens is 2. The summed E-state index contributed by atoms with van der Waals surface area (Å²) in [6.45, 7) is 3.64. The van der Waals surface area contributed by atoms with Crippen LogP contribution in [0.2, 0.25) is 0 Å². The number of amides is 1. The van der Waals surface area contributed by atoms with Gasteiger partial charge < -0.3 is 10.1 Å². The number of aryl methyl sites for hydroxylation is 2. The second-order valence-corrected chi connectivity index (χ2v) is 7.42. The molecule has 0 radical (unpaired) electrons. The number of ether oxygens (including phenoxy) is 1. The first-order valence-electron chi connectivity index (χ1n) is 9.13. The van der Waals surface area contributed by atoms with E-state index in [-0.39, 0.29) is 11.9 Å². The van der Waals surface area contributed by atoms with Gasteiger partial charge in [-0.05, 0) is 55.1 Å². The van der Waals surface area contributed by atoms with E-state index in [9.17, 15) is 4.79 Å². The van der Waals surface area contributed by atoms with Gasteiger partial charge in [-0.2, -0.15) is 9.97 Å². The quantitative estimate of drug-likeness (QED) is 0.454. The standard InChI is InChI=1S/C23H19N3O2S/c1-15-21(16(2)25-23(24-15)28-19-7-4-3-5-8-19)26-22(27)18-12-10-17(11-13-18)20-9-6-14-29-20/h3-14H,1-2H3,(H,26,27). The topological polar surface area (TPSA) is 64.1 Å². The molecule has 0 aliphatic carbocycles. The Kier molecular flexibility index (Phi) is 5.35. The van der Waals surface area contributed by atoms with Gasteiger partial charge in [-0.3, -0.25) is 4.79 Å². The molecule has 144 valence electrons. The molecule has 0 atom stereocenters. The summed E-state index contributed by atoms with van der Waals surface area (Å²) in [4.78, 5) is 22.6. The third kappa shape index (κ3) is 4.33. The van der Waals surface area contributed by atoms with Crippen LogP contribution in [0.4, 0.5) is 5.69 Å². The number of carbonyl (C=O) groups excluding carboxylic acids is 1. The van der Waals surface area contributed by atoms with Gasteiger partial charge in [0.25, 0.3) is 5.91 Å². The molecule has 0 unspecified atom stereocenters. The molecule has 5 nitrogen and oxygen atoms in total. The van der Waals surface area contributed by atoms with Crippen LogP contribution in [0, 0.1) is 13.8 Å². The molecule has 0 fully saturated rings. The normalized spacial score (nSPS) is 10.6. The summed E-state index contributed by atoms with van der Waals surface area (Å²) in [6, 6.07) is 21.2. The van der Waals surface area contributed by atoms with Crippen LogP contribution < -0.4 is 10.1 Å². The van der Waals surface area contributed by atoms with Crippen molar-refractivity contribution in [3.05, 3.63) is 89.1 Å². The Morgan fingerprint density at radius 2 is 1.59 bits per heavy atom. The van der Waals surface area contributed by atoms with Gasteiger partial charge in [-0.15, -0.1) is 11.3 Å². The molecule has 2 aromatic carbocycles. The summed E-state index contributed by atoms with van der Waals surface area (Å²) < 4.78 is 5.70. The van der Waals surface area contributed by atoms with Crippen molar-refractivity contribution in [1.29, 1.82) is 0 Å². The molecule has 0 bridgehead atoms. The molecule has 0 spiro atoms. The van der Waals surface area contributed by atoms with Gasteiger partial charge >= 0.3 is 6.01 Å². The molecule has 0 aliphatic rings. The number of nitrogens with one attached hydrogen (secondary N) is 1. The van der Waals surface area contributed by atoms with Crippen molar-refractivity contribution in [2.45, 2.75) is 13.8 Å². The first kappa shape index (κ1) is 18.8. The number of rotatable bonds is 5. The van der Waals surface area contributed by atoms with Gasteiger partial charge in [-0.25, -0.2) is 0 Å². The van der Waals surface area contributed by atoms with E-state index >= 15 is 0 Å². The van der Waals surface area contributed by atoms with Crippen molar-refractivity contribution in [2.75, 3.05) is 5.32 Å². The zero-order chi connectivity index (χ0) is 20.2. The maximum Gasteiger partial charge on any atom is 0.322 e. The van der Waals surface area contributed by atoms with Crippen molar-refractivity contribution in [2.24, 2.45) is 0 Å². The van der Waals surface area contributed by atoms with Crippen LogP contribution >= 0.6 is 11.3 Å². The van der Waals surface area contributed by atoms with Crippen molar-refractivity contribution in [1.82, 2.24) is 9.97 Å². The van der Waals surface area contributed by atoms with E-state index in [4.69, 9.17) is 4.74 Å². The first-order chi connectivity index (χ1) is 14.1. The maximum absolute atomic E-state index is 12.7. The van der Waals surface area contributed by atoms with Gasteiger partial charge in [0.1, 0.15) is 5.75 Å². The third-order valence-corrected chi connectivity index (χ3v) is 5.31. The Hall–Kier alpha value is -3.51. The summed E-state index contributed by atoms with van der Waals surface area (Å²) in [5, 5.41) is 4.96. The van der Waals surface area contributed by atoms with Crippen molar-refractivity contribution >= 4 is 22.9 Å². The number of para-hydroxylation sites is 1. The van der Waals surface area contributed by atoms with E-state index in [1.807, 2.05) is 79.9 Å². The third-order valence-electron chi connectivity index (χ3n) is 4.39. The zero-order valence-corrected chi connectivity index (χ0v) is 16.9. The lowest BCUT2D eigenvalue weighted by Gasteiger charge is -2.12. The van der Waals surface area contributed by atoms with Gasteiger partial charge in [0, 0.05) is 10.4 Å². The van der Waals surface area contributed by atoms with Crippen LogP contribution in [0.15, 0.2) is 72.1 Å². The minimum absolute atomic E-state index is 0.200. The van der Waals surface area contributed by atoms with Crippen LogP contribution in [0.3, 0.4) is 0 Å². The Morgan fingerprint density at radius 3 is 2.21 bits per heavy atom. The second-order valence-electron chi connectivity index (χ2n) is 6.48. The van der Waals surface area contributed by atoms with Gasteiger partial charge in [-0.1, -0.05) is 36.4 Å². The SMILES string of the molecule is Cc1nc(Oc2ccccc2)nc(C)c1NC(=O)c1ccc(-c2cccs2)cc1. The van der Waals surface area contributed by atoms with E-state index in [0.29, 0.717) is 28.4 Å². The molecule has 29 heavy (non-hydrogen) atoms. The number of anilines is 1. The fourth-order valence-electron chi connectivity index (χ4n) is 2.92. The Bertz CT molecular complexity index is 1100. The smallest absolute Gasteiger partial charge is 0.322 e. The summed E-state index contributed by atoms with van der Waals surface area (Å²) in [5.74, 6) is 0.461. The summed E-state index contributed by atoms with van der Waals surface area (Å²) in [6.07, 6.45) is 0. The lowest BCUT2D eigenvalue weighted by atomic mass is 10.1. The van der Waals surface area contributed by atoms with E-state index in [1.54, 1.807) is 11.3 Å². The predicted molar refractivity (Wildman–Crippen MR) is 116 cm³/mol. The predicted octanol–water partition coefficient (Wildman–Crippen LogP) is 5.87. The van der Waals surface area contributed by atoms with E-state index < -0.39 is 0 Å². The monoisotopic (exact) mass is 401 g/mol. The van der Waals surface area contributed by atoms with Crippen LogP contribution in [-0.2, 0) is 0 Å². The molecule has 4 aromatic rings. The molecule has 0 saturated carbocycles. The number of hydrogen-bond acceptors (Lipinski definition) is 5. The maximum atomic E-state index is 12.7. The lowest BCUT2D eigenvalue weighted by Crippen LogP contribution is -2.15. The van der Waals surface area contributed by atoms with E-state index in [2.05, 4.69) is 21.4 Å². The number of carbonyl (C=O) groups is 1. The highest BCUT2D eigenvalue weighted by molar-refractivity contribution is 7.13. The molecule has 1 amide bonds. The molecule has 0 saturated heterocycles. The van der Waals surface area contributed by atoms with Gasteiger partial charge in [0.2, 0.25) is 0 Å². The zero-order valence-electron chi connectivity index (χ0n) is 16.0. The number of benzene rings is 2. The van der Waals surface area contributed by atoms with Crippen molar-refractivity contribution in [3.8, 4) is 22.2 Å². The highest BCUT2D eigenvalue weighted by Crippen LogP contribution is 2.26. The molecule has 0 aliphatic heterocycles. The molecule has 2 heterocycles. The fourth-order valence-corrected chi connectivity index (χ4v) is 3.65. The van der Waals surface area contributed by atoms with Gasteiger partial charge in [0.05, 0.1) is 17.1 Å². The molecule has 2 aromatic heterocycles. The Balaban J connectivity index is 1.50. The van der Waals surface area contributed by atoms with Crippen LogP contribution in [0.5, 0.6) is 11.8 Å². The highest BCUT2D eigenvalue weighted by atomic mass is 32.1. The van der Waals surface area contributed by atoms with Crippen molar-refractivity contribution < 1.29 is 9.53 Å². The van der Waals surface area contributed by atoms with Crippen molar-refractivity contribution in [3.63, 3.8) is 0 Å².